The van der Waals surface area contributed by atoms with E-state index < -0.39 is 0 Å². The van der Waals surface area contributed by atoms with Crippen LogP contribution in [0.2, 0.25) is 0 Å². The summed E-state index contributed by atoms with van der Waals surface area (Å²) in [5, 5.41) is 3.73. The molecule has 0 radical (unpaired) electrons. The van der Waals surface area contributed by atoms with Crippen LogP contribution in [0.5, 0.6) is 5.88 Å². The van der Waals surface area contributed by atoms with Crippen LogP contribution in [-0.2, 0) is 0 Å². The highest BCUT2D eigenvalue weighted by Crippen LogP contribution is 2.33. The number of rotatable bonds is 1. The summed E-state index contributed by atoms with van der Waals surface area (Å²) >= 11 is 0. The summed E-state index contributed by atoms with van der Waals surface area (Å²) in [6.07, 6.45) is 2.47. The number of aryl methyl sites for hydroxylation is 1. The molecule has 72 valence electrons. The van der Waals surface area contributed by atoms with Crippen molar-refractivity contribution in [3.63, 3.8) is 0 Å². The fourth-order valence-corrected chi connectivity index (χ4v) is 1.54. The third kappa shape index (κ3) is 1.49. The van der Waals surface area contributed by atoms with E-state index in [9.17, 15) is 0 Å². The molecule has 0 aliphatic carbocycles. The number of aromatic nitrogens is 1. The molecule has 0 spiro atoms. The number of hydrogen-bond acceptors (Lipinski definition) is 3. The first-order chi connectivity index (χ1) is 6.81. The van der Waals surface area contributed by atoms with Crippen molar-refractivity contribution in [3.8, 4) is 5.88 Å². The summed E-state index contributed by atoms with van der Waals surface area (Å²) in [7, 11) is 0. The Hall–Kier alpha value is -1.74. The highest BCUT2D eigenvalue weighted by atomic mass is 16.5. The number of hydrogen-bond donors (Lipinski definition) is 0. The van der Waals surface area contributed by atoms with Crippen molar-refractivity contribution in [1.29, 1.82) is 0 Å². The normalized spacial score (nSPS) is 19.1. The van der Waals surface area contributed by atoms with Crippen LogP contribution < -0.4 is 4.74 Å². The van der Waals surface area contributed by atoms with E-state index in [1.54, 1.807) is 6.20 Å². The largest absolute Gasteiger partial charge is 0.477 e. The zero-order chi connectivity index (χ0) is 9.97. The molecule has 1 aliphatic rings. The molecule has 1 aromatic heterocycles. The molecule has 1 aliphatic heterocycles. The molecule has 5 heteroatoms. The molecule has 0 aromatic carbocycles. The van der Waals surface area contributed by atoms with Gasteiger partial charge in [0, 0.05) is 16.7 Å². The van der Waals surface area contributed by atoms with Gasteiger partial charge in [-0.2, -0.15) is 0 Å². The second-order valence-corrected chi connectivity index (χ2v) is 3.26. The van der Waals surface area contributed by atoms with Gasteiger partial charge in [-0.05, 0) is 30.5 Å². The fourth-order valence-electron chi connectivity index (χ4n) is 1.54. The van der Waals surface area contributed by atoms with Gasteiger partial charge in [0.1, 0.15) is 0 Å². The van der Waals surface area contributed by atoms with Crippen molar-refractivity contribution in [1.82, 2.24) is 4.98 Å². The van der Waals surface area contributed by atoms with Gasteiger partial charge >= 0.3 is 0 Å². The van der Waals surface area contributed by atoms with Crippen LogP contribution in [0, 0.1) is 6.92 Å². The van der Waals surface area contributed by atoms with E-state index in [0.29, 0.717) is 12.5 Å². The quantitative estimate of drug-likeness (QED) is 0.387. The summed E-state index contributed by atoms with van der Waals surface area (Å²) < 4.78 is 5.36. The van der Waals surface area contributed by atoms with Gasteiger partial charge in [-0.25, -0.2) is 4.98 Å². The van der Waals surface area contributed by atoms with Crippen molar-refractivity contribution in [2.45, 2.75) is 19.4 Å². The molecular formula is C9H10N4O. The van der Waals surface area contributed by atoms with E-state index in [-0.39, 0.29) is 6.04 Å². The Bertz CT molecular complexity index is 398. The molecule has 0 saturated heterocycles. The Morgan fingerprint density at radius 1 is 1.71 bits per heavy atom. The van der Waals surface area contributed by atoms with Crippen molar-refractivity contribution in [2.24, 2.45) is 5.11 Å². The summed E-state index contributed by atoms with van der Waals surface area (Å²) in [6.45, 7) is 2.52. The van der Waals surface area contributed by atoms with Gasteiger partial charge in [0.15, 0.2) is 0 Å². The second kappa shape index (κ2) is 3.55. The SMILES string of the molecule is Cc1cnc2c(c1)C(N=[N+]=[N-])CCO2. The Morgan fingerprint density at radius 2 is 2.57 bits per heavy atom. The monoisotopic (exact) mass is 190 g/mol. The molecular weight excluding hydrogens is 180 g/mol. The number of ether oxygens (including phenoxy) is 1. The van der Waals surface area contributed by atoms with Gasteiger partial charge in [0.2, 0.25) is 5.88 Å². The number of nitrogens with zero attached hydrogens (tertiary/aromatic N) is 4. The molecule has 0 amide bonds. The van der Waals surface area contributed by atoms with E-state index >= 15 is 0 Å². The minimum absolute atomic E-state index is 0.129. The zero-order valence-corrected chi connectivity index (χ0v) is 7.84. The summed E-state index contributed by atoms with van der Waals surface area (Å²) in [4.78, 5) is 6.98. The zero-order valence-electron chi connectivity index (χ0n) is 7.84. The molecule has 0 N–H and O–H groups in total. The number of azide groups is 1. The average molecular weight is 190 g/mol. The molecule has 1 unspecified atom stereocenters. The molecule has 2 heterocycles. The molecule has 2 rings (SSSR count). The van der Waals surface area contributed by atoms with Gasteiger partial charge in [0.25, 0.3) is 0 Å². The lowest BCUT2D eigenvalue weighted by Crippen LogP contribution is -2.13. The Labute approximate surface area is 81.4 Å². The van der Waals surface area contributed by atoms with Crippen LogP contribution in [0.1, 0.15) is 23.6 Å². The average Bonchev–Trinajstić information content (AvgIpc) is 2.19. The van der Waals surface area contributed by atoms with Crippen LogP contribution in [0.3, 0.4) is 0 Å². The first-order valence-electron chi connectivity index (χ1n) is 4.45. The minimum Gasteiger partial charge on any atom is -0.477 e. The van der Waals surface area contributed by atoms with Gasteiger partial charge in [-0.1, -0.05) is 5.11 Å². The van der Waals surface area contributed by atoms with Gasteiger partial charge in [0.05, 0.1) is 12.6 Å². The lowest BCUT2D eigenvalue weighted by molar-refractivity contribution is 0.257. The topological polar surface area (TPSA) is 70.9 Å². The Balaban J connectivity index is 2.46. The van der Waals surface area contributed by atoms with Crippen LogP contribution in [0.25, 0.3) is 10.4 Å². The van der Waals surface area contributed by atoms with Gasteiger partial charge < -0.3 is 4.74 Å². The smallest absolute Gasteiger partial charge is 0.216 e. The van der Waals surface area contributed by atoms with Crippen molar-refractivity contribution in [3.05, 3.63) is 33.8 Å². The van der Waals surface area contributed by atoms with Crippen LogP contribution in [-0.4, -0.2) is 11.6 Å². The van der Waals surface area contributed by atoms with E-state index in [4.69, 9.17) is 10.3 Å². The molecule has 14 heavy (non-hydrogen) atoms. The first kappa shape index (κ1) is 8.84. The maximum absolute atomic E-state index is 8.41. The summed E-state index contributed by atoms with van der Waals surface area (Å²) in [5.41, 5.74) is 10.4. The molecule has 0 fully saturated rings. The second-order valence-electron chi connectivity index (χ2n) is 3.26. The Kier molecular flexibility index (Phi) is 2.24. The third-order valence-corrected chi connectivity index (χ3v) is 2.20. The van der Waals surface area contributed by atoms with Crippen molar-refractivity contribution in [2.75, 3.05) is 6.61 Å². The van der Waals surface area contributed by atoms with E-state index in [1.165, 1.54) is 0 Å². The van der Waals surface area contributed by atoms with Gasteiger partial charge in [-0.3, -0.25) is 0 Å². The summed E-state index contributed by atoms with van der Waals surface area (Å²) in [6, 6.07) is 1.83. The predicted octanol–water partition coefficient (Wildman–Crippen LogP) is 2.52. The van der Waals surface area contributed by atoms with Crippen molar-refractivity contribution < 1.29 is 4.74 Å². The predicted molar refractivity (Wildman–Crippen MR) is 51.0 cm³/mol. The first-order valence-corrected chi connectivity index (χ1v) is 4.45. The van der Waals surface area contributed by atoms with E-state index in [0.717, 1.165) is 17.5 Å². The molecule has 0 bridgehead atoms. The standard InChI is InChI=1S/C9H10N4O/c1-6-4-7-8(12-13-10)2-3-14-9(7)11-5-6/h4-5,8H,2-3H2,1H3. The lowest BCUT2D eigenvalue weighted by Gasteiger charge is -2.21. The number of fused-ring (bicyclic) bond motifs is 1. The fraction of sp³-hybridized carbons (Fsp3) is 0.444. The molecule has 1 aromatic rings. The number of pyridine rings is 1. The van der Waals surface area contributed by atoms with Crippen molar-refractivity contribution >= 4 is 0 Å². The maximum Gasteiger partial charge on any atom is 0.216 e. The maximum atomic E-state index is 8.41. The van der Waals surface area contributed by atoms with Gasteiger partial charge in [-0.15, -0.1) is 0 Å². The van der Waals surface area contributed by atoms with Crippen LogP contribution in [0.15, 0.2) is 17.4 Å². The minimum atomic E-state index is -0.129. The molecule has 1 atom stereocenters. The lowest BCUT2D eigenvalue weighted by atomic mass is 10.0. The van der Waals surface area contributed by atoms with Crippen LogP contribution >= 0.6 is 0 Å². The molecule has 0 saturated carbocycles. The third-order valence-electron chi connectivity index (χ3n) is 2.20. The van der Waals surface area contributed by atoms with E-state index in [2.05, 4.69) is 15.0 Å². The summed E-state index contributed by atoms with van der Waals surface area (Å²) in [5.74, 6) is 0.597. The Morgan fingerprint density at radius 3 is 3.36 bits per heavy atom. The highest BCUT2D eigenvalue weighted by Gasteiger charge is 2.21. The van der Waals surface area contributed by atoms with Crippen LogP contribution in [0.4, 0.5) is 0 Å². The molecule has 5 nitrogen and oxygen atoms in total. The van der Waals surface area contributed by atoms with E-state index in [1.807, 2.05) is 13.0 Å². The highest BCUT2D eigenvalue weighted by molar-refractivity contribution is 5.33.